The quantitative estimate of drug-likeness (QED) is 0.395. The number of piperazine rings is 1. The molecule has 1 amide bonds. The first-order chi connectivity index (χ1) is 18.6. The maximum atomic E-state index is 13.9. The molecule has 39 heavy (non-hydrogen) atoms. The van der Waals surface area contributed by atoms with Gasteiger partial charge in [-0.25, -0.2) is 19.0 Å². The third-order valence-corrected chi connectivity index (χ3v) is 8.66. The Labute approximate surface area is 233 Å². The van der Waals surface area contributed by atoms with E-state index in [9.17, 15) is 18.8 Å². The van der Waals surface area contributed by atoms with Crippen molar-refractivity contribution in [2.75, 3.05) is 33.3 Å². The number of amides is 1. The van der Waals surface area contributed by atoms with Gasteiger partial charge in [-0.2, -0.15) is 0 Å². The summed E-state index contributed by atoms with van der Waals surface area (Å²) in [5.41, 5.74) is -0.636. The number of ether oxygens (including phenoxy) is 2. The van der Waals surface area contributed by atoms with Crippen LogP contribution in [0.3, 0.4) is 0 Å². The van der Waals surface area contributed by atoms with Crippen LogP contribution in [-0.2, 0) is 19.1 Å². The molecule has 4 heterocycles. The van der Waals surface area contributed by atoms with Gasteiger partial charge in [0, 0.05) is 60.5 Å². The van der Waals surface area contributed by atoms with Gasteiger partial charge in [-0.05, 0) is 26.0 Å². The number of nitrogens with one attached hydrogen (secondary N) is 1. The van der Waals surface area contributed by atoms with Crippen LogP contribution in [0.1, 0.15) is 36.9 Å². The van der Waals surface area contributed by atoms with E-state index in [1.165, 1.54) is 36.6 Å². The first-order valence-electron chi connectivity index (χ1n) is 12.3. The Morgan fingerprint density at radius 1 is 1.38 bits per heavy atom. The number of aromatic nitrogens is 1. The number of cyclic esters (lactones) is 1. The van der Waals surface area contributed by atoms with E-state index in [1.807, 2.05) is 0 Å². The smallest absolute Gasteiger partial charge is 0.411 e. The van der Waals surface area contributed by atoms with Gasteiger partial charge in [0.25, 0.3) is 0 Å². The van der Waals surface area contributed by atoms with Crippen molar-refractivity contribution in [2.24, 2.45) is 4.99 Å². The largest absolute Gasteiger partial charge is 0.466 e. The number of rotatable bonds is 7. The Hall–Kier alpha value is -3.35. The molecule has 206 valence electrons. The Balaban J connectivity index is 1.57. The van der Waals surface area contributed by atoms with Crippen molar-refractivity contribution >= 4 is 47.1 Å². The lowest BCUT2D eigenvalue weighted by Gasteiger charge is -2.49. The standard InChI is InChI=1S/C26H27ClFN5O5S/c1-25(2)26(6-10-34)14-32(8-9-33(26)24(36)38-25)13-18-19(23(35)37-3)20(16-5-4-15(28)12-17(16)27)31-21(30-18)22-29-7-11-39-22/h4-5,7,10-12,20H,6,8-9,13-14H2,1-3H3,(H,30,31)/t20-,26+/m0/s1. The highest BCUT2D eigenvalue weighted by Crippen LogP contribution is 2.44. The maximum absolute atomic E-state index is 13.9. The number of aliphatic imine (C=N–C) groups is 1. The number of carbonyl (C=O) groups excluding carboxylic acids is 3. The summed E-state index contributed by atoms with van der Waals surface area (Å²) in [5, 5.41) is 5.79. The molecular weight excluding hydrogens is 549 g/mol. The van der Waals surface area contributed by atoms with Crippen molar-refractivity contribution in [3.05, 3.63) is 62.5 Å². The van der Waals surface area contributed by atoms with Crippen molar-refractivity contribution in [3.8, 4) is 0 Å². The van der Waals surface area contributed by atoms with E-state index in [4.69, 9.17) is 26.1 Å². The van der Waals surface area contributed by atoms with Crippen LogP contribution in [0.5, 0.6) is 0 Å². The summed E-state index contributed by atoms with van der Waals surface area (Å²) in [5.74, 6) is -0.704. The van der Waals surface area contributed by atoms with Gasteiger partial charge in [0.15, 0.2) is 10.8 Å². The van der Waals surface area contributed by atoms with Crippen LogP contribution in [0.2, 0.25) is 5.02 Å². The fourth-order valence-electron chi connectivity index (χ4n) is 5.52. The molecule has 3 aliphatic rings. The van der Waals surface area contributed by atoms with Crippen molar-refractivity contribution < 1.29 is 28.2 Å². The molecule has 0 bridgehead atoms. The van der Waals surface area contributed by atoms with Gasteiger partial charge in [0.2, 0.25) is 0 Å². The number of esters is 1. The van der Waals surface area contributed by atoms with E-state index in [1.54, 1.807) is 30.3 Å². The number of halogens is 2. The number of hydrogen-bond acceptors (Lipinski definition) is 10. The van der Waals surface area contributed by atoms with Crippen LogP contribution in [0, 0.1) is 5.82 Å². The summed E-state index contributed by atoms with van der Waals surface area (Å²) in [6.45, 7) is 4.98. The highest BCUT2D eigenvalue weighted by atomic mass is 35.5. The van der Waals surface area contributed by atoms with Gasteiger partial charge in [0.1, 0.15) is 29.3 Å². The molecule has 1 aromatic heterocycles. The lowest BCUT2D eigenvalue weighted by molar-refractivity contribution is -0.136. The molecule has 0 saturated carbocycles. The van der Waals surface area contributed by atoms with E-state index in [2.05, 4.69) is 15.2 Å². The monoisotopic (exact) mass is 575 g/mol. The summed E-state index contributed by atoms with van der Waals surface area (Å²) in [6.07, 6.45) is 2.09. The first-order valence-corrected chi connectivity index (χ1v) is 13.5. The molecule has 5 rings (SSSR count). The summed E-state index contributed by atoms with van der Waals surface area (Å²) in [4.78, 5) is 50.4. The summed E-state index contributed by atoms with van der Waals surface area (Å²) in [7, 11) is 1.28. The van der Waals surface area contributed by atoms with Gasteiger partial charge in [-0.3, -0.25) is 14.8 Å². The number of aldehydes is 1. The number of thiazole rings is 1. The van der Waals surface area contributed by atoms with Crippen LogP contribution in [0.25, 0.3) is 0 Å². The number of fused-ring (bicyclic) bond motifs is 1. The molecule has 2 saturated heterocycles. The number of hydrogen-bond donors (Lipinski definition) is 1. The predicted octanol–water partition coefficient (Wildman–Crippen LogP) is 3.33. The second-order valence-electron chi connectivity index (χ2n) is 10.0. The van der Waals surface area contributed by atoms with E-state index in [0.717, 1.165) is 6.29 Å². The predicted molar refractivity (Wildman–Crippen MR) is 142 cm³/mol. The minimum absolute atomic E-state index is 0.0954. The summed E-state index contributed by atoms with van der Waals surface area (Å²) in [6, 6.07) is 3.05. The topological polar surface area (TPSA) is 113 Å². The Morgan fingerprint density at radius 3 is 2.85 bits per heavy atom. The van der Waals surface area contributed by atoms with Gasteiger partial charge < -0.3 is 19.6 Å². The van der Waals surface area contributed by atoms with Crippen LogP contribution in [0.15, 0.2) is 46.0 Å². The molecule has 1 N–H and O–H groups in total. The molecule has 3 aliphatic heterocycles. The van der Waals surface area contributed by atoms with Crippen molar-refractivity contribution in [3.63, 3.8) is 0 Å². The lowest BCUT2D eigenvalue weighted by Crippen LogP contribution is -2.67. The molecule has 1 aromatic carbocycles. The number of benzene rings is 1. The highest BCUT2D eigenvalue weighted by Gasteiger charge is 2.62. The van der Waals surface area contributed by atoms with Crippen LogP contribution in [0.4, 0.5) is 9.18 Å². The van der Waals surface area contributed by atoms with Crippen LogP contribution in [-0.4, -0.2) is 83.4 Å². The normalized spacial score (nSPS) is 24.5. The number of amidine groups is 1. The fourth-order valence-corrected chi connectivity index (χ4v) is 6.38. The molecule has 0 unspecified atom stereocenters. The molecule has 2 fully saturated rings. The van der Waals surface area contributed by atoms with E-state index >= 15 is 0 Å². The fraction of sp³-hybridized carbons (Fsp3) is 0.423. The average Bonchev–Trinajstić information content (AvgIpc) is 3.48. The zero-order chi connectivity index (χ0) is 27.9. The molecule has 13 heteroatoms. The van der Waals surface area contributed by atoms with Crippen molar-refractivity contribution in [1.82, 2.24) is 20.1 Å². The number of methoxy groups -OCH3 is 1. The van der Waals surface area contributed by atoms with E-state index in [0.29, 0.717) is 41.7 Å². The zero-order valence-electron chi connectivity index (χ0n) is 21.6. The van der Waals surface area contributed by atoms with Crippen LogP contribution >= 0.6 is 22.9 Å². The summed E-state index contributed by atoms with van der Waals surface area (Å²) < 4.78 is 24.7. The third kappa shape index (κ3) is 4.70. The van der Waals surface area contributed by atoms with Crippen LogP contribution < -0.4 is 5.32 Å². The van der Waals surface area contributed by atoms with Crippen molar-refractivity contribution in [1.29, 1.82) is 0 Å². The first kappa shape index (κ1) is 27.2. The molecule has 0 spiro atoms. The Morgan fingerprint density at radius 2 is 2.18 bits per heavy atom. The number of nitrogens with zero attached hydrogens (tertiary/aromatic N) is 4. The summed E-state index contributed by atoms with van der Waals surface area (Å²) >= 11 is 7.80. The minimum Gasteiger partial charge on any atom is -0.466 e. The molecule has 10 nitrogen and oxygen atoms in total. The maximum Gasteiger partial charge on any atom is 0.411 e. The van der Waals surface area contributed by atoms with Gasteiger partial charge in [0.05, 0.1) is 12.7 Å². The average molecular weight is 576 g/mol. The number of carbonyl (C=O) groups is 3. The second kappa shape index (κ2) is 10.3. The van der Waals surface area contributed by atoms with E-state index < -0.39 is 35.1 Å². The highest BCUT2D eigenvalue weighted by molar-refractivity contribution is 7.11. The van der Waals surface area contributed by atoms with E-state index in [-0.39, 0.29) is 23.6 Å². The second-order valence-corrected chi connectivity index (χ2v) is 11.3. The molecular formula is C26H27ClFN5O5S. The third-order valence-electron chi connectivity index (χ3n) is 7.55. The lowest BCUT2D eigenvalue weighted by atomic mass is 9.77. The molecule has 0 radical (unpaired) electrons. The zero-order valence-corrected chi connectivity index (χ0v) is 23.1. The minimum atomic E-state index is -0.916. The van der Waals surface area contributed by atoms with Gasteiger partial charge in [-0.15, -0.1) is 11.3 Å². The Bertz CT molecular complexity index is 1380. The van der Waals surface area contributed by atoms with Gasteiger partial charge >= 0.3 is 12.1 Å². The van der Waals surface area contributed by atoms with Gasteiger partial charge in [-0.1, -0.05) is 17.7 Å². The van der Waals surface area contributed by atoms with Crippen molar-refractivity contribution in [2.45, 2.75) is 37.5 Å². The SMILES string of the molecule is COC(=O)C1=C(CN2CCN3C(=O)OC(C)(C)[C@@]3(CC=O)C2)NC(c2nccs2)=N[C@H]1c1ccc(F)cc1Cl. The molecule has 0 aliphatic carbocycles. The Kier molecular flexibility index (Phi) is 7.21. The molecule has 2 atom stereocenters. The molecule has 2 aromatic rings.